The number of carbonyl (C=O) groups is 2. The SMILES string of the molecule is Cc1ccc(C)c(OCCC(=O)OCC(=O)N[C@H](C)c2ccccc2)c1. The average Bonchev–Trinajstić information content (AvgIpc) is 2.63. The van der Waals surface area contributed by atoms with Gasteiger partial charge in [-0.1, -0.05) is 42.5 Å². The normalized spacial score (nSPS) is 11.5. The summed E-state index contributed by atoms with van der Waals surface area (Å²) in [7, 11) is 0. The van der Waals surface area contributed by atoms with Crippen LogP contribution in [0.5, 0.6) is 5.75 Å². The third-order valence-corrected chi connectivity index (χ3v) is 3.95. The molecule has 5 nitrogen and oxygen atoms in total. The van der Waals surface area contributed by atoms with Gasteiger partial charge in [-0.15, -0.1) is 0 Å². The zero-order valence-corrected chi connectivity index (χ0v) is 15.5. The van der Waals surface area contributed by atoms with Crippen molar-refractivity contribution in [3.63, 3.8) is 0 Å². The standard InChI is InChI=1S/C21H25NO4/c1-15-9-10-16(2)19(13-15)25-12-11-21(24)26-14-20(23)22-17(3)18-7-5-4-6-8-18/h4-10,13,17H,11-12,14H2,1-3H3,(H,22,23)/t17-/m1/s1. The fourth-order valence-electron chi connectivity index (χ4n) is 2.43. The highest BCUT2D eigenvalue weighted by molar-refractivity contribution is 5.80. The maximum Gasteiger partial charge on any atom is 0.309 e. The third-order valence-electron chi connectivity index (χ3n) is 3.95. The number of nitrogens with one attached hydrogen (secondary N) is 1. The molecule has 0 saturated heterocycles. The Morgan fingerprint density at radius 3 is 2.54 bits per heavy atom. The maximum atomic E-state index is 11.9. The molecule has 0 fully saturated rings. The first-order valence-electron chi connectivity index (χ1n) is 8.65. The van der Waals surface area contributed by atoms with Gasteiger partial charge >= 0.3 is 5.97 Å². The van der Waals surface area contributed by atoms with Gasteiger partial charge in [-0.25, -0.2) is 0 Å². The Balaban J connectivity index is 1.68. The lowest BCUT2D eigenvalue weighted by Crippen LogP contribution is -2.31. The van der Waals surface area contributed by atoms with Gasteiger partial charge in [0, 0.05) is 0 Å². The Bertz CT molecular complexity index is 743. The quantitative estimate of drug-likeness (QED) is 0.736. The van der Waals surface area contributed by atoms with E-state index in [0.717, 1.165) is 22.4 Å². The van der Waals surface area contributed by atoms with E-state index in [2.05, 4.69) is 5.32 Å². The van der Waals surface area contributed by atoms with Crippen molar-refractivity contribution in [3.8, 4) is 5.75 Å². The van der Waals surface area contributed by atoms with Crippen LogP contribution < -0.4 is 10.1 Å². The average molecular weight is 355 g/mol. The summed E-state index contributed by atoms with van der Waals surface area (Å²) in [5.74, 6) is -0.0322. The predicted molar refractivity (Wildman–Crippen MR) is 100.0 cm³/mol. The Labute approximate surface area is 154 Å². The molecule has 2 aromatic carbocycles. The molecule has 2 rings (SSSR count). The second kappa shape index (κ2) is 9.61. The van der Waals surface area contributed by atoms with E-state index in [0.29, 0.717) is 0 Å². The molecule has 26 heavy (non-hydrogen) atoms. The maximum absolute atomic E-state index is 11.9. The minimum atomic E-state index is -0.460. The smallest absolute Gasteiger partial charge is 0.309 e. The molecule has 0 radical (unpaired) electrons. The van der Waals surface area contributed by atoms with Crippen LogP contribution in [0.15, 0.2) is 48.5 Å². The van der Waals surface area contributed by atoms with Gasteiger partial charge in [-0.05, 0) is 43.5 Å². The van der Waals surface area contributed by atoms with E-state index in [-0.39, 0.29) is 31.6 Å². The summed E-state index contributed by atoms with van der Waals surface area (Å²) >= 11 is 0. The minimum Gasteiger partial charge on any atom is -0.493 e. The largest absolute Gasteiger partial charge is 0.493 e. The Hall–Kier alpha value is -2.82. The molecule has 0 heterocycles. The van der Waals surface area contributed by atoms with Crippen LogP contribution in [0.3, 0.4) is 0 Å². The monoisotopic (exact) mass is 355 g/mol. The molecule has 1 amide bonds. The zero-order valence-electron chi connectivity index (χ0n) is 15.5. The molecule has 1 N–H and O–H groups in total. The molecular weight excluding hydrogens is 330 g/mol. The van der Waals surface area contributed by atoms with Gasteiger partial charge in [0.25, 0.3) is 5.91 Å². The molecule has 0 unspecified atom stereocenters. The van der Waals surface area contributed by atoms with Crippen molar-refractivity contribution in [1.29, 1.82) is 0 Å². The van der Waals surface area contributed by atoms with E-state index in [1.165, 1.54) is 0 Å². The van der Waals surface area contributed by atoms with E-state index >= 15 is 0 Å². The number of aryl methyl sites for hydroxylation is 2. The molecule has 2 aromatic rings. The molecule has 5 heteroatoms. The molecule has 1 atom stereocenters. The number of hydrogen-bond donors (Lipinski definition) is 1. The van der Waals surface area contributed by atoms with Crippen molar-refractivity contribution in [2.75, 3.05) is 13.2 Å². The number of ether oxygens (including phenoxy) is 2. The molecule has 0 aliphatic heterocycles. The van der Waals surface area contributed by atoms with Crippen molar-refractivity contribution in [2.45, 2.75) is 33.2 Å². The number of hydrogen-bond acceptors (Lipinski definition) is 4. The van der Waals surface area contributed by atoms with Gasteiger partial charge in [-0.3, -0.25) is 9.59 Å². The number of benzene rings is 2. The number of rotatable bonds is 8. The summed E-state index contributed by atoms with van der Waals surface area (Å²) in [5.41, 5.74) is 3.10. The molecule has 0 aromatic heterocycles. The van der Waals surface area contributed by atoms with Gasteiger partial charge in [0.15, 0.2) is 6.61 Å². The van der Waals surface area contributed by atoms with Crippen LogP contribution >= 0.6 is 0 Å². The first kappa shape index (κ1) is 19.5. The number of amides is 1. The van der Waals surface area contributed by atoms with Crippen LogP contribution in [-0.2, 0) is 14.3 Å². The topological polar surface area (TPSA) is 64.6 Å². The highest BCUT2D eigenvalue weighted by Gasteiger charge is 2.12. The summed E-state index contributed by atoms with van der Waals surface area (Å²) in [6, 6.07) is 15.4. The van der Waals surface area contributed by atoms with Crippen molar-refractivity contribution in [2.24, 2.45) is 0 Å². The van der Waals surface area contributed by atoms with Crippen molar-refractivity contribution in [1.82, 2.24) is 5.32 Å². The first-order valence-corrected chi connectivity index (χ1v) is 8.65. The van der Waals surface area contributed by atoms with Crippen molar-refractivity contribution >= 4 is 11.9 Å². The summed E-state index contributed by atoms with van der Waals surface area (Å²) in [6.45, 7) is 5.73. The van der Waals surface area contributed by atoms with Crippen LogP contribution in [0.1, 0.15) is 36.1 Å². The van der Waals surface area contributed by atoms with E-state index in [1.54, 1.807) is 0 Å². The Morgan fingerprint density at radius 2 is 1.81 bits per heavy atom. The molecule has 0 spiro atoms. The van der Waals surface area contributed by atoms with Crippen molar-refractivity contribution in [3.05, 3.63) is 65.2 Å². The predicted octanol–water partition coefficient (Wildman–Crippen LogP) is 3.49. The van der Waals surface area contributed by atoms with Gasteiger partial charge in [0.1, 0.15) is 5.75 Å². The second-order valence-corrected chi connectivity index (χ2v) is 6.23. The van der Waals surface area contributed by atoms with E-state index in [1.807, 2.05) is 69.3 Å². The molecule has 0 saturated carbocycles. The minimum absolute atomic E-state index is 0.0922. The molecular formula is C21H25NO4. The lowest BCUT2D eigenvalue weighted by Gasteiger charge is -2.14. The molecule has 0 bridgehead atoms. The molecule has 0 aliphatic rings. The lowest BCUT2D eigenvalue weighted by atomic mass is 10.1. The summed E-state index contributed by atoms with van der Waals surface area (Å²) in [4.78, 5) is 23.7. The first-order chi connectivity index (χ1) is 12.5. The molecule has 0 aliphatic carbocycles. The Kier molecular flexibility index (Phi) is 7.21. The summed E-state index contributed by atoms with van der Waals surface area (Å²) in [5, 5.41) is 2.80. The van der Waals surface area contributed by atoms with Crippen LogP contribution in [0.25, 0.3) is 0 Å². The Morgan fingerprint density at radius 1 is 1.08 bits per heavy atom. The molecule has 138 valence electrons. The van der Waals surface area contributed by atoms with Gasteiger partial charge in [-0.2, -0.15) is 0 Å². The highest BCUT2D eigenvalue weighted by Crippen LogP contribution is 2.19. The van der Waals surface area contributed by atoms with E-state index in [4.69, 9.17) is 9.47 Å². The fourth-order valence-corrected chi connectivity index (χ4v) is 2.43. The van der Waals surface area contributed by atoms with Gasteiger partial charge in [0.2, 0.25) is 0 Å². The number of esters is 1. The van der Waals surface area contributed by atoms with Crippen LogP contribution in [-0.4, -0.2) is 25.1 Å². The third kappa shape index (κ3) is 6.24. The highest BCUT2D eigenvalue weighted by atomic mass is 16.5. The second-order valence-electron chi connectivity index (χ2n) is 6.23. The lowest BCUT2D eigenvalue weighted by molar-refractivity contribution is -0.149. The zero-order chi connectivity index (χ0) is 18.9. The van der Waals surface area contributed by atoms with Crippen LogP contribution in [0, 0.1) is 13.8 Å². The van der Waals surface area contributed by atoms with E-state index < -0.39 is 5.97 Å². The van der Waals surface area contributed by atoms with Gasteiger partial charge in [0.05, 0.1) is 19.1 Å². The fraction of sp³-hybridized carbons (Fsp3) is 0.333. The van der Waals surface area contributed by atoms with Crippen LogP contribution in [0.2, 0.25) is 0 Å². The summed E-state index contributed by atoms with van der Waals surface area (Å²) < 4.78 is 10.6. The number of carbonyl (C=O) groups excluding carboxylic acids is 2. The summed E-state index contributed by atoms with van der Waals surface area (Å²) in [6.07, 6.45) is 0.0922. The van der Waals surface area contributed by atoms with Crippen LogP contribution in [0.4, 0.5) is 0 Å². The van der Waals surface area contributed by atoms with Crippen molar-refractivity contribution < 1.29 is 19.1 Å². The van der Waals surface area contributed by atoms with Gasteiger partial charge < -0.3 is 14.8 Å². The van der Waals surface area contributed by atoms with E-state index in [9.17, 15) is 9.59 Å².